The molecule has 3 heterocycles. The normalized spacial score (nSPS) is 17.6. The number of carbonyl (C=O) groups is 1. The first-order valence-corrected chi connectivity index (χ1v) is 9.60. The molecule has 2 atom stereocenters. The van der Waals surface area contributed by atoms with Crippen LogP contribution in [0.2, 0.25) is 5.02 Å². The molecule has 1 fully saturated rings. The summed E-state index contributed by atoms with van der Waals surface area (Å²) in [6, 6.07) is 1.89. The van der Waals surface area contributed by atoms with Gasteiger partial charge in [-0.3, -0.25) is 14.9 Å². The predicted molar refractivity (Wildman–Crippen MR) is 109 cm³/mol. The van der Waals surface area contributed by atoms with Crippen molar-refractivity contribution >= 4 is 45.6 Å². The fourth-order valence-corrected chi connectivity index (χ4v) is 3.69. The van der Waals surface area contributed by atoms with Gasteiger partial charge in [0.1, 0.15) is 12.7 Å². The van der Waals surface area contributed by atoms with Crippen LogP contribution < -0.4 is 10.6 Å². The summed E-state index contributed by atoms with van der Waals surface area (Å²) in [7, 11) is 0. The number of hydrogen-bond acceptors (Lipinski definition) is 6. The zero-order chi connectivity index (χ0) is 21.7. The van der Waals surface area contributed by atoms with Crippen LogP contribution in [0.25, 0.3) is 27.8 Å². The molecule has 1 amide bonds. The number of rotatable bonds is 5. The molecule has 1 aliphatic carbocycles. The molecular formula is C19H13ClF2N8O. The van der Waals surface area contributed by atoms with E-state index in [-0.39, 0.29) is 29.5 Å². The number of nitrogens with zero attached hydrogens (tertiary/aromatic N) is 5. The number of anilines is 2. The van der Waals surface area contributed by atoms with Crippen molar-refractivity contribution in [3.8, 4) is 17.3 Å². The second kappa shape index (κ2) is 7.17. The summed E-state index contributed by atoms with van der Waals surface area (Å²) >= 11 is 6.33. The number of nitriles is 1. The maximum atomic E-state index is 15.0. The van der Waals surface area contributed by atoms with Crippen molar-refractivity contribution in [2.24, 2.45) is 5.92 Å². The number of amides is 1. The fraction of sp³-hybridized carbons (Fsp3) is 0.211. The van der Waals surface area contributed by atoms with Crippen LogP contribution in [0.4, 0.5) is 20.3 Å². The van der Waals surface area contributed by atoms with Gasteiger partial charge in [-0.1, -0.05) is 11.6 Å². The standard InChI is InChI=1S/C19H13ClF2N8O/c20-15-14(9-4-26-29-17(9)18(16(15)22)24-2-1-23)11-6-30-7-12(27-13(30)5-25-11)28-19(31)8-3-10(8)21/h4-8,10,24H,2-3H2,(H,26,29)(H,28,31)/t8-,10+/m1/s1. The number of imidazole rings is 1. The quantitative estimate of drug-likeness (QED) is 0.407. The molecule has 0 unspecified atom stereocenters. The Hall–Kier alpha value is -3.78. The third-order valence-electron chi connectivity index (χ3n) is 5.03. The number of alkyl halides is 1. The van der Waals surface area contributed by atoms with Crippen LogP contribution in [0, 0.1) is 23.1 Å². The van der Waals surface area contributed by atoms with E-state index in [0.29, 0.717) is 27.8 Å². The molecule has 4 aromatic rings. The van der Waals surface area contributed by atoms with E-state index < -0.39 is 23.8 Å². The molecule has 12 heteroatoms. The third-order valence-corrected chi connectivity index (χ3v) is 5.39. The zero-order valence-electron chi connectivity index (χ0n) is 15.7. The molecule has 0 bridgehead atoms. The van der Waals surface area contributed by atoms with Gasteiger partial charge in [-0.15, -0.1) is 0 Å². The van der Waals surface area contributed by atoms with E-state index in [1.165, 1.54) is 12.4 Å². The molecule has 0 radical (unpaired) electrons. The number of nitrogens with one attached hydrogen (secondary N) is 3. The molecule has 0 saturated heterocycles. The molecule has 156 valence electrons. The molecule has 3 aromatic heterocycles. The first-order chi connectivity index (χ1) is 15.0. The molecule has 1 saturated carbocycles. The molecule has 5 rings (SSSR count). The van der Waals surface area contributed by atoms with Crippen molar-refractivity contribution in [3.63, 3.8) is 0 Å². The lowest BCUT2D eigenvalue weighted by atomic mass is 10.1. The summed E-state index contributed by atoms with van der Waals surface area (Å²) in [5.74, 6) is -1.54. The number of H-pyrrole nitrogens is 1. The number of halogens is 3. The lowest BCUT2D eigenvalue weighted by molar-refractivity contribution is -0.117. The van der Waals surface area contributed by atoms with Gasteiger partial charge in [-0.25, -0.2) is 13.8 Å². The number of benzene rings is 1. The highest BCUT2D eigenvalue weighted by Gasteiger charge is 2.43. The average molecular weight is 443 g/mol. The number of aromatic nitrogens is 5. The molecule has 1 aromatic carbocycles. The van der Waals surface area contributed by atoms with Gasteiger partial charge >= 0.3 is 0 Å². The van der Waals surface area contributed by atoms with Gasteiger partial charge in [0.05, 0.1) is 52.5 Å². The van der Waals surface area contributed by atoms with Crippen molar-refractivity contribution in [1.29, 1.82) is 5.26 Å². The zero-order valence-corrected chi connectivity index (χ0v) is 16.4. The van der Waals surface area contributed by atoms with Gasteiger partial charge in [0.2, 0.25) is 5.91 Å². The number of fused-ring (bicyclic) bond motifs is 2. The highest BCUT2D eigenvalue weighted by Crippen LogP contribution is 2.40. The third kappa shape index (κ3) is 3.21. The average Bonchev–Trinajstić information content (AvgIpc) is 3.12. The Bertz CT molecular complexity index is 1390. The molecule has 0 aliphatic heterocycles. The predicted octanol–water partition coefficient (Wildman–Crippen LogP) is 3.30. The van der Waals surface area contributed by atoms with E-state index in [1.54, 1.807) is 16.8 Å². The number of hydrogen-bond donors (Lipinski definition) is 3. The maximum absolute atomic E-state index is 15.0. The van der Waals surface area contributed by atoms with Gasteiger partial charge in [-0.2, -0.15) is 10.4 Å². The molecule has 3 N–H and O–H groups in total. The Morgan fingerprint density at radius 3 is 2.97 bits per heavy atom. The SMILES string of the molecule is N#CCNc1c(F)c(Cl)c(-c2cn3cc(NC(=O)[C@@H]4C[C@@H]4F)nc3cn2)c2cn[nH]c12. The highest BCUT2D eigenvalue weighted by atomic mass is 35.5. The van der Waals surface area contributed by atoms with Crippen LogP contribution in [-0.2, 0) is 4.79 Å². The molecule has 0 spiro atoms. The van der Waals surface area contributed by atoms with Gasteiger partial charge < -0.3 is 15.0 Å². The van der Waals surface area contributed by atoms with Crippen LogP contribution >= 0.6 is 11.6 Å². The van der Waals surface area contributed by atoms with Crippen molar-refractivity contribution in [3.05, 3.63) is 35.6 Å². The van der Waals surface area contributed by atoms with Crippen molar-refractivity contribution in [2.45, 2.75) is 12.6 Å². The van der Waals surface area contributed by atoms with Crippen LogP contribution in [0.3, 0.4) is 0 Å². The van der Waals surface area contributed by atoms with E-state index in [0.717, 1.165) is 0 Å². The van der Waals surface area contributed by atoms with Crippen molar-refractivity contribution in [1.82, 2.24) is 24.6 Å². The Morgan fingerprint density at radius 2 is 2.23 bits per heavy atom. The van der Waals surface area contributed by atoms with Crippen molar-refractivity contribution < 1.29 is 13.6 Å². The molecule has 1 aliphatic rings. The minimum absolute atomic E-state index is 0.0442. The van der Waals surface area contributed by atoms with E-state index >= 15 is 0 Å². The van der Waals surface area contributed by atoms with Gasteiger partial charge in [0.25, 0.3) is 0 Å². The number of aromatic amines is 1. The van der Waals surface area contributed by atoms with Gasteiger partial charge in [0.15, 0.2) is 17.3 Å². The maximum Gasteiger partial charge on any atom is 0.231 e. The largest absolute Gasteiger partial charge is 0.368 e. The second-order valence-corrected chi connectivity index (χ2v) is 7.44. The van der Waals surface area contributed by atoms with Crippen LogP contribution in [0.15, 0.2) is 24.8 Å². The van der Waals surface area contributed by atoms with E-state index in [9.17, 15) is 13.6 Å². The minimum atomic E-state index is -1.11. The Kier molecular flexibility index (Phi) is 4.44. The summed E-state index contributed by atoms with van der Waals surface area (Å²) in [5.41, 5.74) is 1.47. The van der Waals surface area contributed by atoms with Gasteiger partial charge in [0, 0.05) is 17.1 Å². The molecule has 9 nitrogen and oxygen atoms in total. The van der Waals surface area contributed by atoms with E-state index in [1.807, 2.05) is 6.07 Å². The van der Waals surface area contributed by atoms with Crippen LogP contribution in [0.1, 0.15) is 6.42 Å². The van der Waals surface area contributed by atoms with E-state index in [4.69, 9.17) is 16.9 Å². The topological polar surface area (TPSA) is 124 Å². The first-order valence-electron chi connectivity index (χ1n) is 9.23. The second-order valence-electron chi connectivity index (χ2n) is 7.06. The van der Waals surface area contributed by atoms with Crippen molar-refractivity contribution in [2.75, 3.05) is 17.2 Å². The summed E-state index contributed by atoms with van der Waals surface area (Å²) in [6.07, 6.45) is 5.18. The monoisotopic (exact) mass is 442 g/mol. The smallest absolute Gasteiger partial charge is 0.231 e. The lowest BCUT2D eigenvalue weighted by Gasteiger charge is -2.12. The van der Waals surface area contributed by atoms with Crippen LogP contribution in [0.5, 0.6) is 0 Å². The first kappa shape index (κ1) is 19.2. The highest BCUT2D eigenvalue weighted by molar-refractivity contribution is 6.35. The van der Waals surface area contributed by atoms with Crippen LogP contribution in [-0.4, -0.2) is 43.2 Å². The van der Waals surface area contributed by atoms with E-state index in [2.05, 4.69) is 30.8 Å². The Balaban J connectivity index is 1.56. The Morgan fingerprint density at radius 1 is 1.42 bits per heavy atom. The molecule has 31 heavy (non-hydrogen) atoms. The molecular weight excluding hydrogens is 430 g/mol. The minimum Gasteiger partial charge on any atom is -0.368 e. The van der Waals surface area contributed by atoms with Gasteiger partial charge in [-0.05, 0) is 6.42 Å². The fourth-order valence-electron chi connectivity index (χ4n) is 3.40. The number of carbonyl (C=O) groups excluding carboxylic acids is 1. The summed E-state index contributed by atoms with van der Waals surface area (Å²) in [4.78, 5) is 20.5. The summed E-state index contributed by atoms with van der Waals surface area (Å²) < 4.78 is 29.6. The Labute approximate surface area is 178 Å². The lowest BCUT2D eigenvalue weighted by Crippen LogP contribution is -2.15. The summed E-state index contributed by atoms with van der Waals surface area (Å²) in [6.45, 7) is -0.113. The summed E-state index contributed by atoms with van der Waals surface area (Å²) in [5, 5.41) is 21.1.